The molecule has 0 aliphatic carbocycles. The molecular weight excluding hydrogens is 390 g/mol. The van der Waals surface area contributed by atoms with E-state index in [1.807, 2.05) is 26.0 Å². The van der Waals surface area contributed by atoms with Gasteiger partial charge in [-0.25, -0.2) is 4.98 Å². The van der Waals surface area contributed by atoms with Gasteiger partial charge in [0.25, 0.3) is 5.56 Å². The summed E-state index contributed by atoms with van der Waals surface area (Å²) in [6, 6.07) is 7.25. The van der Waals surface area contributed by atoms with Gasteiger partial charge in [0, 0.05) is 19.0 Å². The molecule has 1 aromatic heterocycles. The molecule has 9 heteroatoms. The Morgan fingerprint density at radius 3 is 2.62 bits per heavy atom. The minimum Gasteiger partial charge on any atom is -0.352 e. The average Bonchev–Trinajstić information content (AvgIpc) is 2.66. The Kier molecular flexibility index (Phi) is 8.66. The van der Waals surface area contributed by atoms with Gasteiger partial charge in [0.1, 0.15) is 0 Å². The summed E-state index contributed by atoms with van der Waals surface area (Å²) in [7, 11) is 4.13. The van der Waals surface area contributed by atoms with Gasteiger partial charge in [0.05, 0.1) is 43.8 Å². The molecule has 3 N–H and O–H groups in total. The molecule has 0 saturated heterocycles. The van der Waals surface area contributed by atoms with Crippen LogP contribution in [0.5, 0.6) is 0 Å². The second-order valence-corrected chi connectivity index (χ2v) is 8.41. The predicted octanol–water partition coefficient (Wildman–Crippen LogP) is -0.336. The number of rotatable bonds is 10. The molecule has 0 saturated carbocycles. The molecule has 0 aliphatic heterocycles. The number of fused-ring (bicyclic) bond motifs is 1. The molecule has 1 heterocycles. The van der Waals surface area contributed by atoms with Crippen LogP contribution in [0, 0.1) is 0 Å². The van der Waals surface area contributed by atoms with E-state index in [0.29, 0.717) is 22.6 Å². The maximum absolute atomic E-state index is 12.9. The quantitative estimate of drug-likeness (QED) is 0.361. The molecule has 2 rings (SSSR count). The van der Waals surface area contributed by atoms with E-state index in [2.05, 4.69) is 29.7 Å². The van der Waals surface area contributed by atoms with Crippen LogP contribution in [0.25, 0.3) is 10.9 Å². The lowest BCUT2D eigenvalue weighted by Gasteiger charge is -2.14. The maximum atomic E-state index is 12.9. The van der Waals surface area contributed by atoms with Crippen molar-refractivity contribution in [3.8, 4) is 0 Å². The van der Waals surface area contributed by atoms with E-state index >= 15 is 0 Å². The number of quaternary nitrogens is 1. The van der Waals surface area contributed by atoms with Gasteiger partial charge in [0.2, 0.25) is 11.8 Å². The first-order valence-corrected chi connectivity index (χ1v) is 10.7. The zero-order chi connectivity index (χ0) is 21.4. The number of carbonyl (C=O) groups excluding carboxylic acids is 2. The van der Waals surface area contributed by atoms with Crippen LogP contribution >= 0.6 is 11.8 Å². The first kappa shape index (κ1) is 22.9. The lowest BCUT2D eigenvalue weighted by atomic mass is 10.2. The number of nitrogens with one attached hydrogen (secondary N) is 3. The molecule has 0 aliphatic rings. The topological polar surface area (TPSA) is 97.5 Å². The van der Waals surface area contributed by atoms with E-state index in [4.69, 9.17) is 0 Å². The third-order valence-corrected chi connectivity index (χ3v) is 5.09. The molecular formula is C20H30N5O3S+. The van der Waals surface area contributed by atoms with Crippen molar-refractivity contribution in [2.75, 3.05) is 32.9 Å². The van der Waals surface area contributed by atoms with Gasteiger partial charge in [-0.15, -0.1) is 0 Å². The summed E-state index contributed by atoms with van der Waals surface area (Å²) in [6.07, 6.45) is 0.831. The van der Waals surface area contributed by atoms with Gasteiger partial charge < -0.3 is 15.5 Å². The number of nitrogens with zero attached hydrogens (tertiary/aromatic N) is 2. The van der Waals surface area contributed by atoms with Gasteiger partial charge in [-0.05, 0) is 26.0 Å². The van der Waals surface area contributed by atoms with Crippen LogP contribution in [-0.2, 0) is 16.1 Å². The highest BCUT2D eigenvalue weighted by Crippen LogP contribution is 2.17. The molecule has 29 heavy (non-hydrogen) atoms. The van der Waals surface area contributed by atoms with E-state index in [0.717, 1.165) is 13.0 Å². The zero-order valence-electron chi connectivity index (χ0n) is 17.4. The molecule has 0 radical (unpaired) electrons. The SMILES string of the molecule is CC(C)NC(=O)CNC(=O)CSc1nc2ccccc2c(=O)n1CCC[NH+](C)C. The van der Waals surface area contributed by atoms with Crippen LogP contribution in [0.4, 0.5) is 0 Å². The first-order chi connectivity index (χ1) is 13.8. The standard InChI is InChI=1S/C20H29N5O3S/c1-14(2)22-17(26)12-21-18(27)13-29-20-23-16-9-6-5-8-15(16)19(28)25(20)11-7-10-24(3)4/h5-6,8-9,14H,7,10-13H2,1-4H3,(H,21,27)(H,22,26)/p+1. The summed E-state index contributed by atoms with van der Waals surface area (Å²) in [6.45, 7) is 5.12. The maximum Gasteiger partial charge on any atom is 0.262 e. The Morgan fingerprint density at radius 1 is 1.21 bits per heavy atom. The van der Waals surface area contributed by atoms with Crippen LogP contribution in [-0.4, -0.2) is 60.3 Å². The first-order valence-electron chi connectivity index (χ1n) is 9.75. The van der Waals surface area contributed by atoms with Crippen molar-refractivity contribution in [3.63, 3.8) is 0 Å². The number of amides is 2. The molecule has 1 aromatic carbocycles. The van der Waals surface area contributed by atoms with Gasteiger partial charge in [0.15, 0.2) is 5.16 Å². The van der Waals surface area contributed by atoms with E-state index in [1.54, 1.807) is 16.7 Å². The Morgan fingerprint density at radius 2 is 1.93 bits per heavy atom. The number of aromatic nitrogens is 2. The molecule has 0 atom stereocenters. The molecule has 0 bridgehead atoms. The number of carbonyl (C=O) groups is 2. The Balaban J connectivity index is 2.10. The summed E-state index contributed by atoms with van der Waals surface area (Å²) >= 11 is 1.21. The fourth-order valence-corrected chi connectivity index (χ4v) is 3.63. The highest BCUT2D eigenvalue weighted by Gasteiger charge is 2.14. The number of benzene rings is 1. The molecule has 8 nitrogen and oxygen atoms in total. The average molecular weight is 421 g/mol. The van der Waals surface area contributed by atoms with Crippen LogP contribution in [0.15, 0.2) is 34.2 Å². The molecule has 0 fully saturated rings. The fraction of sp³-hybridized carbons (Fsp3) is 0.500. The smallest absolute Gasteiger partial charge is 0.262 e. The van der Waals surface area contributed by atoms with Gasteiger partial charge in [-0.1, -0.05) is 23.9 Å². The molecule has 0 spiro atoms. The lowest BCUT2D eigenvalue weighted by Crippen LogP contribution is -3.05. The number of para-hydroxylation sites is 1. The van der Waals surface area contributed by atoms with Crippen molar-refractivity contribution < 1.29 is 14.5 Å². The van der Waals surface area contributed by atoms with E-state index < -0.39 is 0 Å². The van der Waals surface area contributed by atoms with Crippen LogP contribution < -0.4 is 21.1 Å². The van der Waals surface area contributed by atoms with Crippen molar-refractivity contribution in [1.29, 1.82) is 0 Å². The zero-order valence-corrected chi connectivity index (χ0v) is 18.3. The third kappa shape index (κ3) is 7.17. The van der Waals surface area contributed by atoms with Gasteiger partial charge in [-0.3, -0.25) is 19.0 Å². The van der Waals surface area contributed by atoms with Gasteiger partial charge >= 0.3 is 0 Å². The van der Waals surface area contributed by atoms with Crippen LogP contribution in [0.1, 0.15) is 20.3 Å². The van der Waals surface area contributed by atoms with E-state index in [-0.39, 0.29) is 35.7 Å². The summed E-state index contributed by atoms with van der Waals surface area (Å²) < 4.78 is 1.65. The van der Waals surface area contributed by atoms with Crippen molar-refractivity contribution >= 4 is 34.5 Å². The number of hydrogen-bond donors (Lipinski definition) is 3. The molecule has 158 valence electrons. The third-order valence-electron chi connectivity index (χ3n) is 4.11. The Hall–Kier alpha value is -2.39. The predicted molar refractivity (Wildman–Crippen MR) is 115 cm³/mol. The molecule has 0 unspecified atom stereocenters. The summed E-state index contributed by atoms with van der Waals surface area (Å²) in [5.41, 5.74) is 0.523. The van der Waals surface area contributed by atoms with Crippen molar-refractivity contribution in [3.05, 3.63) is 34.6 Å². The molecule has 2 amide bonds. The summed E-state index contributed by atoms with van der Waals surface area (Å²) in [4.78, 5) is 42.6. The lowest BCUT2D eigenvalue weighted by molar-refractivity contribution is -0.858. The Bertz CT molecular complexity index is 911. The summed E-state index contributed by atoms with van der Waals surface area (Å²) in [5.74, 6) is -0.426. The fourth-order valence-electron chi connectivity index (χ4n) is 2.78. The largest absolute Gasteiger partial charge is 0.352 e. The highest BCUT2D eigenvalue weighted by molar-refractivity contribution is 7.99. The molecule has 2 aromatic rings. The highest BCUT2D eigenvalue weighted by atomic mass is 32.2. The van der Waals surface area contributed by atoms with Crippen LogP contribution in [0.3, 0.4) is 0 Å². The number of hydrogen-bond acceptors (Lipinski definition) is 5. The minimum absolute atomic E-state index is 0.0222. The monoisotopic (exact) mass is 420 g/mol. The Labute approximate surface area is 175 Å². The van der Waals surface area contributed by atoms with E-state index in [1.165, 1.54) is 16.7 Å². The minimum atomic E-state index is -0.277. The second kappa shape index (κ2) is 11.0. The van der Waals surface area contributed by atoms with Crippen LogP contribution in [0.2, 0.25) is 0 Å². The normalized spacial score (nSPS) is 11.2. The van der Waals surface area contributed by atoms with Crippen molar-refractivity contribution in [2.45, 2.75) is 38.0 Å². The van der Waals surface area contributed by atoms with Gasteiger partial charge in [-0.2, -0.15) is 0 Å². The number of thioether (sulfide) groups is 1. The summed E-state index contributed by atoms with van der Waals surface area (Å²) in [5, 5.41) is 6.41. The van der Waals surface area contributed by atoms with Crippen molar-refractivity contribution in [2.24, 2.45) is 0 Å². The van der Waals surface area contributed by atoms with E-state index in [9.17, 15) is 14.4 Å². The van der Waals surface area contributed by atoms with Crippen molar-refractivity contribution in [1.82, 2.24) is 20.2 Å². The second-order valence-electron chi connectivity index (χ2n) is 7.47.